The number of carboxylic acid groups (broad SMARTS) is 1. The van der Waals surface area contributed by atoms with Gasteiger partial charge in [-0.05, 0) is 89.6 Å². The highest BCUT2D eigenvalue weighted by atomic mass is 16.5. The molecule has 1 aromatic carbocycles. The first-order chi connectivity index (χ1) is 17.8. The summed E-state index contributed by atoms with van der Waals surface area (Å²) in [4.78, 5) is 25.1. The predicted molar refractivity (Wildman–Crippen MR) is 146 cm³/mol. The molecule has 10 atom stereocenters. The zero-order valence-electron chi connectivity index (χ0n) is 23.6. The van der Waals surface area contributed by atoms with Crippen molar-refractivity contribution in [3.05, 3.63) is 47.0 Å². The maximum absolute atomic E-state index is 12.8. The van der Waals surface area contributed by atoms with Crippen molar-refractivity contribution in [1.29, 1.82) is 0 Å². The smallest absolute Gasteiger partial charge is 0.332 e. The third-order valence-corrected chi connectivity index (χ3v) is 11.9. The molecule has 38 heavy (non-hydrogen) atoms. The second kappa shape index (κ2) is 9.48. The van der Waals surface area contributed by atoms with E-state index in [1.165, 1.54) is 6.92 Å². The molecule has 0 aromatic heterocycles. The standard InChI is InChI=1S/C32H45NO5/c1-18-22-11-14-31(4)28(30(22,3)13-12-25(18)35)24(33)16-23-27(26(38-19(2)34)17-32(23,31)5)21(29(36)37)15-20-9-7-6-8-10-20/h6-10,18,22-26,28,35H,11-17,33H2,1-5H3,(H,36,37)/b27-21-/t18-,22-,23?,24+,25+,26-,28-,30-,31-,32-/m0/s1. The Labute approximate surface area is 227 Å². The van der Waals surface area contributed by atoms with Gasteiger partial charge in [0.15, 0.2) is 0 Å². The molecule has 4 fully saturated rings. The number of ether oxygens (including phenoxy) is 1. The van der Waals surface area contributed by atoms with E-state index in [4.69, 9.17) is 10.5 Å². The molecule has 1 aromatic rings. The van der Waals surface area contributed by atoms with Crippen LogP contribution < -0.4 is 5.73 Å². The lowest BCUT2D eigenvalue weighted by Gasteiger charge is -2.69. The van der Waals surface area contributed by atoms with Crippen LogP contribution in [0.15, 0.2) is 41.5 Å². The number of nitrogens with two attached hydrogens (primary N) is 1. The van der Waals surface area contributed by atoms with Crippen molar-refractivity contribution < 1.29 is 24.5 Å². The summed E-state index contributed by atoms with van der Waals surface area (Å²) in [6.45, 7) is 10.7. The molecule has 4 aliphatic rings. The van der Waals surface area contributed by atoms with Gasteiger partial charge in [-0.2, -0.15) is 0 Å². The van der Waals surface area contributed by atoms with Crippen LogP contribution in [0.3, 0.4) is 0 Å². The number of carboxylic acids is 1. The van der Waals surface area contributed by atoms with Crippen LogP contribution in [-0.4, -0.2) is 40.4 Å². The molecule has 4 aliphatic carbocycles. The fraction of sp³-hybridized carbons (Fsp3) is 0.688. The molecular formula is C32H45NO5. The summed E-state index contributed by atoms with van der Waals surface area (Å²) >= 11 is 0. The monoisotopic (exact) mass is 523 g/mol. The first-order valence-corrected chi connectivity index (χ1v) is 14.4. The van der Waals surface area contributed by atoms with E-state index >= 15 is 0 Å². The SMILES string of the molecule is CC(=O)O[C@H]1C[C@@]2(C)C(C[C@@H](N)[C@H]3[C@@]4(C)CC[C@@H](O)[C@@H](C)[C@@H]4CC[C@@]32C)/C1=C(\Cc1ccccc1)C(=O)O. The molecule has 0 saturated heterocycles. The van der Waals surface area contributed by atoms with E-state index in [1.54, 1.807) is 0 Å². The number of hydrogen-bond acceptors (Lipinski definition) is 5. The maximum Gasteiger partial charge on any atom is 0.332 e. The lowest BCUT2D eigenvalue weighted by molar-refractivity contribution is -0.204. The summed E-state index contributed by atoms with van der Waals surface area (Å²) in [5.74, 6) is -0.473. The number of rotatable bonds is 4. The van der Waals surface area contributed by atoms with Crippen molar-refractivity contribution in [2.45, 2.75) is 97.8 Å². The molecule has 6 nitrogen and oxygen atoms in total. The van der Waals surface area contributed by atoms with E-state index in [9.17, 15) is 19.8 Å². The fourth-order valence-corrected chi connectivity index (χ4v) is 10.1. The molecule has 0 heterocycles. The number of aliphatic carboxylic acids is 1. The summed E-state index contributed by atoms with van der Waals surface area (Å²) in [5, 5.41) is 21.2. The van der Waals surface area contributed by atoms with Crippen LogP contribution >= 0.6 is 0 Å². The number of hydrogen-bond donors (Lipinski definition) is 3. The molecule has 208 valence electrons. The number of benzene rings is 1. The van der Waals surface area contributed by atoms with E-state index in [0.717, 1.165) is 36.8 Å². The van der Waals surface area contributed by atoms with Crippen LogP contribution in [0.2, 0.25) is 0 Å². The molecule has 0 bridgehead atoms. The van der Waals surface area contributed by atoms with Gasteiger partial charge >= 0.3 is 11.9 Å². The first kappa shape index (κ1) is 27.4. The summed E-state index contributed by atoms with van der Waals surface area (Å²) in [7, 11) is 0. The van der Waals surface area contributed by atoms with Gasteiger partial charge in [0, 0.05) is 25.0 Å². The van der Waals surface area contributed by atoms with Crippen LogP contribution in [0.1, 0.15) is 78.7 Å². The minimum atomic E-state index is -0.947. The van der Waals surface area contributed by atoms with Crippen molar-refractivity contribution in [2.24, 2.45) is 45.7 Å². The Morgan fingerprint density at radius 2 is 1.76 bits per heavy atom. The molecule has 0 radical (unpaired) electrons. The fourth-order valence-electron chi connectivity index (χ4n) is 10.1. The Bertz CT molecular complexity index is 1130. The highest BCUT2D eigenvalue weighted by molar-refractivity contribution is 5.89. The Hall–Kier alpha value is -2.18. The minimum absolute atomic E-state index is 0.0160. The lowest BCUT2D eigenvalue weighted by atomic mass is 9.36. The highest BCUT2D eigenvalue weighted by Crippen LogP contribution is 2.74. The van der Waals surface area contributed by atoms with Crippen LogP contribution in [0.5, 0.6) is 0 Å². The third-order valence-electron chi connectivity index (χ3n) is 11.9. The Kier molecular flexibility index (Phi) is 6.83. The largest absolute Gasteiger partial charge is 0.478 e. The zero-order valence-corrected chi connectivity index (χ0v) is 23.6. The summed E-state index contributed by atoms with van der Waals surface area (Å²) in [6.07, 6.45) is 4.56. The number of carbonyl (C=O) groups is 2. The van der Waals surface area contributed by atoms with E-state index in [1.807, 2.05) is 30.3 Å². The molecule has 0 spiro atoms. The minimum Gasteiger partial charge on any atom is -0.478 e. The van der Waals surface area contributed by atoms with Gasteiger partial charge < -0.3 is 20.7 Å². The molecule has 5 rings (SSSR count). The second-order valence-electron chi connectivity index (χ2n) is 13.6. The Morgan fingerprint density at radius 3 is 2.39 bits per heavy atom. The molecule has 6 heteroatoms. The van der Waals surface area contributed by atoms with Crippen molar-refractivity contribution in [1.82, 2.24) is 0 Å². The van der Waals surface area contributed by atoms with E-state index < -0.39 is 12.1 Å². The normalized spacial score (nSPS) is 45.4. The van der Waals surface area contributed by atoms with Crippen LogP contribution in [0.25, 0.3) is 0 Å². The van der Waals surface area contributed by atoms with Crippen molar-refractivity contribution in [3.63, 3.8) is 0 Å². The summed E-state index contributed by atoms with van der Waals surface area (Å²) in [6, 6.07) is 9.57. The second-order valence-corrected chi connectivity index (χ2v) is 13.6. The molecular weight excluding hydrogens is 478 g/mol. The van der Waals surface area contributed by atoms with E-state index in [-0.39, 0.29) is 52.1 Å². The van der Waals surface area contributed by atoms with Gasteiger partial charge in [0.05, 0.1) is 6.10 Å². The summed E-state index contributed by atoms with van der Waals surface area (Å²) < 4.78 is 5.94. The molecule has 4 N–H and O–H groups in total. The van der Waals surface area contributed by atoms with Gasteiger partial charge in [0.2, 0.25) is 0 Å². The molecule has 0 amide bonds. The van der Waals surface area contributed by atoms with Gasteiger partial charge in [0.1, 0.15) is 6.10 Å². The number of aliphatic hydroxyl groups is 1. The van der Waals surface area contributed by atoms with Gasteiger partial charge in [-0.1, -0.05) is 58.0 Å². The number of esters is 1. The lowest BCUT2D eigenvalue weighted by Crippen LogP contribution is -2.67. The van der Waals surface area contributed by atoms with E-state index in [0.29, 0.717) is 30.8 Å². The maximum atomic E-state index is 12.8. The number of carbonyl (C=O) groups excluding carboxylic acids is 1. The Morgan fingerprint density at radius 1 is 1.08 bits per heavy atom. The summed E-state index contributed by atoms with van der Waals surface area (Å²) in [5.41, 5.74) is 8.83. The zero-order chi connectivity index (χ0) is 27.6. The molecule has 4 saturated carbocycles. The molecule has 1 unspecified atom stereocenters. The van der Waals surface area contributed by atoms with Crippen molar-refractivity contribution in [3.8, 4) is 0 Å². The predicted octanol–water partition coefficient (Wildman–Crippen LogP) is 5.13. The average Bonchev–Trinajstić information content (AvgIpc) is 3.12. The molecule has 0 aliphatic heterocycles. The van der Waals surface area contributed by atoms with Crippen LogP contribution in [-0.2, 0) is 20.7 Å². The van der Waals surface area contributed by atoms with Crippen molar-refractivity contribution in [2.75, 3.05) is 0 Å². The topological polar surface area (TPSA) is 110 Å². The van der Waals surface area contributed by atoms with Gasteiger partial charge in [-0.3, -0.25) is 4.79 Å². The quantitative estimate of drug-likeness (QED) is 0.373. The van der Waals surface area contributed by atoms with Gasteiger partial charge in [-0.25, -0.2) is 4.79 Å². The number of aliphatic hydroxyl groups excluding tert-OH is 1. The van der Waals surface area contributed by atoms with E-state index in [2.05, 4.69) is 27.7 Å². The Balaban J connectivity index is 1.63. The highest BCUT2D eigenvalue weighted by Gasteiger charge is 2.70. The van der Waals surface area contributed by atoms with Crippen molar-refractivity contribution >= 4 is 11.9 Å². The van der Waals surface area contributed by atoms with Crippen LogP contribution in [0, 0.1) is 39.9 Å². The van der Waals surface area contributed by atoms with Gasteiger partial charge in [0.25, 0.3) is 0 Å². The first-order valence-electron chi connectivity index (χ1n) is 14.4. The third kappa shape index (κ3) is 3.97. The average molecular weight is 524 g/mol. The van der Waals surface area contributed by atoms with Gasteiger partial charge in [-0.15, -0.1) is 0 Å². The number of fused-ring (bicyclic) bond motifs is 5. The van der Waals surface area contributed by atoms with Crippen LogP contribution in [0.4, 0.5) is 0 Å².